The second-order valence-electron chi connectivity index (χ2n) is 4.19. The molecule has 1 aliphatic carbocycles. The Morgan fingerprint density at radius 2 is 2.08 bits per heavy atom. The second-order valence-corrected chi connectivity index (χ2v) is 4.19. The maximum Gasteiger partial charge on any atom is 0.0636 e. The van der Waals surface area contributed by atoms with E-state index < -0.39 is 0 Å². The van der Waals surface area contributed by atoms with Gasteiger partial charge in [0.05, 0.1) is 6.10 Å². The van der Waals surface area contributed by atoms with Gasteiger partial charge in [-0.15, -0.1) is 0 Å². The SMILES string of the molecule is CC(O)CNC(C)CC1CCC1. The van der Waals surface area contributed by atoms with Crippen molar-refractivity contribution in [2.45, 2.75) is 51.7 Å². The summed E-state index contributed by atoms with van der Waals surface area (Å²) < 4.78 is 0. The van der Waals surface area contributed by atoms with E-state index in [1.807, 2.05) is 6.92 Å². The molecule has 2 N–H and O–H groups in total. The van der Waals surface area contributed by atoms with Crippen molar-refractivity contribution in [2.75, 3.05) is 6.54 Å². The van der Waals surface area contributed by atoms with Crippen LogP contribution in [0.15, 0.2) is 0 Å². The van der Waals surface area contributed by atoms with Crippen molar-refractivity contribution in [1.29, 1.82) is 0 Å². The minimum absolute atomic E-state index is 0.214. The molecule has 0 aromatic carbocycles. The zero-order valence-electron chi connectivity index (χ0n) is 8.21. The number of rotatable bonds is 5. The number of hydrogen-bond donors (Lipinski definition) is 2. The molecule has 2 nitrogen and oxygen atoms in total. The van der Waals surface area contributed by atoms with Gasteiger partial charge < -0.3 is 10.4 Å². The van der Waals surface area contributed by atoms with Crippen molar-refractivity contribution in [1.82, 2.24) is 5.32 Å². The Morgan fingerprint density at radius 3 is 2.50 bits per heavy atom. The summed E-state index contributed by atoms with van der Waals surface area (Å²) in [7, 11) is 0. The predicted molar refractivity (Wildman–Crippen MR) is 51.1 cm³/mol. The van der Waals surface area contributed by atoms with Gasteiger partial charge in [0, 0.05) is 12.6 Å². The summed E-state index contributed by atoms with van der Waals surface area (Å²) >= 11 is 0. The van der Waals surface area contributed by atoms with Crippen LogP contribution < -0.4 is 5.32 Å². The molecule has 2 unspecified atom stereocenters. The van der Waals surface area contributed by atoms with Crippen molar-refractivity contribution >= 4 is 0 Å². The minimum Gasteiger partial charge on any atom is -0.392 e. The van der Waals surface area contributed by atoms with Crippen LogP contribution >= 0.6 is 0 Å². The highest BCUT2D eigenvalue weighted by atomic mass is 16.3. The Hall–Kier alpha value is -0.0800. The lowest BCUT2D eigenvalue weighted by molar-refractivity contribution is 0.180. The van der Waals surface area contributed by atoms with Gasteiger partial charge in [-0.1, -0.05) is 19.3 Å². The van der Waals surface area contributed by atoms with Gasteiger partial charge in [0.2, 0.25) is 0 Å². The van der Waals surface area contributed by atoms with Gasteiger partial charge in [0.15, 0.2) is 0 Å². The molecule has 2 heteroatoms. The fraction of sp³-hybridized carbons (Fsp3) is 1.00. The van der Waals surface area contributed by atoms with Crippen molar-refractivity contribution < 1.29 is 5.11 Å². The highest BCUT2D eigenvalue weighted by molar-refractivity contribution is 4.75. The number of nitrogens with one attached hydrogen (secondary N) is 1. The van der Waals surface area contributed by atoms with Gasteiger partial charge in [0.25, 0.3) is 0 Å². The molecule has 1 fully saturated rings. The van der Waals surface area contributed by atoms with E-state index in [2.05, 4.69) is 12.2 Å². The Bertz CT molecular complexity index is 121. The molecule has 72 valence electrons. The van der Waals surface area contributed by atoms with Gasteiger partial charge in [-0.3, -0.25) is 0 Å². The van der Waals surface area contributed by atoms with Crippen LogP contribution in [0.5, 0.6) is 0 Å². The van der Waals surface area contributed by atoms with Crippen molar-refractivity contribution in [3.8, 4) is 0 Å². The maximum absolute atomic E-state index is 9.04. The lowest BCUT2D eigenvalue weighted by Crippen LogP contribution is -2.34. The van der Waals surface area contributed by atoms with Crippen LogP contribution in [-0.2, 0) is 0 Å². The topological polar surface area (TPSA) is 32.3 Å². The first-order valence-electron chi connectivity index (χ1n) is 5.10. The van der Waals surface area contributed by atoms with Gasteiger partial charge >= 0.3 is 0 Å². The Labute approximate surface area is 75.4 Å². The van der Waals surface area contributed by atoms with Crippen LogP contribution in [0.4, 0.5) is 0 Å². The summed E-state index contributed by atoms with van der Waals surface area (Å²) in [6, 6.07) is 0.574. The smallest absolute Gasteiger partial charge is 0.0636 e. The van der Waals surface area contributed by atoms with Crippen LogP contribution in [0.25, 0.3) is 0 Å². The van der Waals surface area contributed by atoms with E-state index in [0.29, 0.717) is 6.04 Å². The predicted octanol–water partition coefficient (Wildman–Crippen LogP) is 1.54. The lowest BCUT2D eigenvalue weighted by atomic mass is 9.81. The molecule has 0 saturated heterocycles. The van der Waals surface area contributed by atoms with E-state index in [4.69, 9.17) is 5.11 Å². The van der Waals surface area contributed by atoms with Crippen LogP contribution in [0, 0.1) is 5.92 Å². The average Bonchev–Trinajstić information content (AvgIpc) is 1.93. The third-order valence-corrected chi connectivity index (χ3v) is 2.67. The minimum atomic E-state index is -0.214. The van der Waals surface area contributed by atoms with E-state index in [1.165, 1.54) is 25.7 Å². The van der Waals surface area contributed by atoms with E-state index >= 15 is 0 Å². The number of hydrogen-bond acceptors (Lipinski definition) is 2. The van der Waals surface area contributed by atoms with E-state index in [0.717, 1.165) is 12.5 Å². The largest absolute Gasteiger partial charge is 0.392 e. The standard InChI is InChI=1S/C10H21NO/c1-8(11-7-9(2)12)6-10-4-3-5-10/h8-12H,3-7H2,1-2H3. The summed E-state index contributed by atoms with van der Waals surface area (Å²) in [5.74, 6) is 0.960. The molecule has 0 heterocycles. The van der Waals surface area contributed by atoms with Crippen LogP contribution in [0.3, 0.4) is 0 Å². The molecule has 1 saturated carbocycles. The van der Waals surface area contributed by atoms with Gasteiger partial charge in [-0.25, -0.2) is 0 Å². The quantitative estimate of drug-likeness (QED) is 0.657. The first-order valence-corrected chi connectivity index (χ1v) is 5.10. The zero-order valence-corrected chi connectivity index (χ0v) is 8.21. The molecule has 0 radical (unpaired) electrons. The summed E-state index contributed by atoms with van der Waals surface area (Å²) in [5.41, 5.74) is 0. The lowest BCUT2D eigenvalue weighted by Gasteiger charge is -2.28. The van der Waals surface area contributed by atoms with E-state index in [-0.39, 0.29) is 6.10 Å². The van der Waals surface area contributed by atoms with E-state index in [9.17, 15) is 0 Å². The second kappa shape index (κ2) is 4.83. The molecular weight excluding hydrogens is 150 g/mol. The Kier molecular flexibility index (Phi) is 4.02. The van der Waals surface area contributed by atoms with Crippen molar-refractivity contribution in [3.05, 3.63) is 0 Å². The zero-order chi connectivity index (χ0) is 8.97. The molecule has 0 aromatic rings. The molecule has 2 atom stereocenters. The summed E-state index contributed by atoms with van der Waals surface area (Å²) in [6.07, 6.45) is 5.33. The number of aliphatic hydroxyl groups excluding tert-OH is 1. The monoisotopic (exact) mass is 171 g/mol. The third kappa shape index (κ3) is 3.55. The molecular formula is C10H21NO. The highest BCUT2D eigenvalue weighted by Crippen LogP contribution is 2.30. The normalized spacial score (nSPS) is 23.2. The van der Waals surface area contributed by atoms with Crippen molar-refractivity contribution in [3.63, 3.8) is 0 Å². The molecule has 0 bridgehead atoms. The Morgan fingerprint density at radius 1 is 1.42 bits per heavy atom. The van der Waals surface area contributed by atoms with Crippen LogP contribution in [0.2, 0.25) is 0 Å². The van der Waals surface area contributed by atoms with Gasteiger partial charge in [0.1, 0.15) is 0 Å². The first-order chi connectivity index (χ1) is 5.68. The maximum atomic E-state index is 9.04. The average molecular weight is 171 g/mol. The molecule has 0 amide bonds. The summed E-state index contributed by atoms with van der Waals surface area (Å²) in [4.78, 5) is 0. The fourth-order valence-corrected chi connectivity index (χ4v) is 1.68. The summed E-state index contributed by atoms with van der Waals surface area (Å²) in [5, 5.41) is 12.4. The molecule has 0 aliphatic heterocycles. The summed E-state index contributed by atoms with van der Waals surface area (Å²) in [6.45, 7) is 4.76. The first kappa shape index (κ1) is 10.0. The highest BCUT2D eigenvalue weighted by Gasteiger charge is 2.19. The molecule has 1 aliphatic rings. The van der Waals surface area contributed by atoms with Crippen LogP contribution in [0.1, 0.15) is 39.5 Å². The van der Waals surface area contributed by atoms with Crippen molar-refractivity contribution in [2.24, 2.45) is 5.92 Å². The van der Waals surface area contributed by atoms with Crippen LogP contribution in [-0.4, -0.2) is 23.8 Å². The molecule has 12 heavy (non-hydrogen) atoms. The molecule has 0 spiro atoms. The Balaban J connectivity index is 1.98. The molecule has 1 rings (SSSR count). The number of aliphatic hydroxyl groups is 1. The fourth-order valence-electron chi connectivity index (χ4n) is 1.68. The molecule has 0 aromatic heterocycles. The van der Waals surface area contributed by atoms with Gasteiger partial charge in [-0.2, -0.15) is 0 Å². The van der Waals surface area contributed by atoms with Gasteiger partial charge in [-0.05, 0) is 26.2 Å². The third-order valence-electron chi connectivity index (χ3n) is 2.67. The van der Waals surface area contributed by atoms with E-state index in [1.54, 1.807) is 0 Å².